The first-order chi connectivity index (χ1) is 13.1. The summed E-state index contributed by atoms with van der Waals surface area (Å²) in [6.45, 7) is 5.32. The Morgan fingerprint density at radius 1 is 0.964 bits per heavy atom. The molecule has 0 aliphatic heterocycles. The van der Waals surface area contributed by atoms with Crippen LogP contribution < -0.4 is 0 Å². The highest BCUT2D eigenvalue weighted by molar-refractivity contribution is 6.04. The van der Waals surface area contributed by atoms with E-state index >= 15 is 0 Å². The molecule has 0 saturated carbocycles. The van der Waals surface area contributed by atoms with Crippen molar-refractivity contribution in [1.29, 1.82) is 0 Å². The van der Waals surface area contributed by atoms with Crippen LogP contribution in [0.3, 0.4) is 0 Å². The van der Waals surface area contributed by atoms with Crippen LogP contribution in [0.25, 0.3) is 0 Å². The second-order valence-corrected chi connectivity index (χ2v) is 6.06. The number of ketones is 2. The number of non-ortho nitro benzene ring substituents is 1. The van der Waals surface area contributed by atoms with Crippen LogP contribution in [0.15, 0.2) is 24.3 Å². The molecule has 0 N–H and O–H groups in total. The van der Waals surface area contributed by atoms with Crippen molar-refractivity contribution < 1.29 is 33.6 Å². The number of rotatable bonds is 10. The zero-order chi connectivity index (χ0) is 21.4. The molecule has 1 aromatic carbocycles. The Hall–Kier alpha value is -3.10. The molecule has 0 heterocycles. The zero-order valence-corrected chi connectivity index (χ0v) is 16.2. The molecule has 0 saturated heterocycles. The number of hydrogen-bond donors (Lipinski definition) is 0. The van der Waals surface area contributed by atoms with Crippen molar-refractivity contribution in [1.82, 2.24) is 0 Å². The number of hydrogen-bond acceptors (Lipinski definition) is 8. The molecule has 0 fully saturated rings. The molecule has 0 spiro atoms. The summed E-state index contributed by atoms with van der Waals surface area (Å²) in [5, 5.41) is 11.1. The van der Waals surface area contributed by atoms with Gasteiger partial charge in [0.15, 0.2) is 0 Å². The predicted molar refractivity (Wildman–Crippen MR) is 97.4 cm³/mol. The Morgan fingerprint density at radius 3 is 1.79 bits per heavy atom. The van der Waals surface area contributed by atoms with Crippen molar-refractivity contribution in [2.75, 3.05) is 13.2 Å². The molecule has 0 radical (unpaired) electrons. The molecule has 152 valence electrons. The average Bonchev–Trinajstić information content (AvgIpc) is 2.61. The van der Waals surface area contributed by atoms with Gasteiger partial charge in [-0.15, -0.1) is 0 Å². The highest BCUT2D eigenvalue weighted by atomic mass is 16.6. The van der Waals surface area contributed by atoms with Crippen LogP contribution in [0, 0.1) is 22.0 Å². The number of nitro benzene ring substituents is 1. The Morgan fingerprint density at radius 2 is 1.43 bits per heavy atom. The Bertz CT molecular complexity index is 737. The monoisotopic (exact) mass is 393 g/mol. The Kier molecular flexibility index (Phi) is 8.43. The number of benzene rings is 1. The van der Waals surface area contributed by atoms with Gasteiger partial charge in [-0.25, -0.2) is 0 Å². The number of esters is 2. The van der Waals surface area contributed by atoms with Crippen molar-refractivity contribution in [2.24, 2.45) is 11.8 Å². The van der Waals surface area contributed by atoms with E-state index in [0.717, 1.165) is 19.9 Å². The van der Waals surface area contributed by atoms with E-state index in [1.54, 1.807) is 13.8 Å². The van der Waals surface area contributed by atoms with Crippen molar-refractivity contribution in [2.45, 2.75) is 33.6 Å². The average molecular weight is 393 g/mol. The number of carbonyl (C=O) groups excluding carboxylic acids is 4. The second-order valence-electron chi connectivity index (χ2n) is 6.06. The van der Waals surface area contributed by atoms with Crippen molar-refractivity contribution in [3.63, 3.8) is 0 Å². The summed E-state index contributed by atoms with van der Waals surface area (Å²) >= 11 is 0. The number of nitrogens with zero attached hydrogens (tertiary/aromatic N) is 1. The standard InChI is InChI=1S/C19H23NO8/c1-5-27-18(23)15(11(3)21)17(16(12(4)22)19(24)28-6-2)13-8-7-9-14(10-13)20(25)26/h7-10,15-17H,5-6H2,1-4H3/t15-,16-/m1/s1. The normalized spacial score (nSPS) is 12.8. The number of carbonyl (C=O) groups is 4. The molecule has 0 amide bonds. The molecule has 1 aromatic rings. The molecule has 1 rings (SSSR count). The number of Topliss-reactive ketones (excluding diaryl/α,β-unsaturated/α-hetero) is 2. The third kappa shape index (κ3) is 5.45. The van der Waals surface area contributed by atoms with Crippen LogP contribution in [0.1, 0.15) is 39.2 Å². The van der Waals surface area contributed by atoms with Crippen LogP contribution in [-0.4, -0.2) is 41.6 Å². The fraction of sp³-hybridized carbons (Fsp3) is 0.474. The van der Waals surface area contributed by atoms with Gasteiger partial charge in [-0.1, -0.05) is 12.1 Å². The maximum atomic E-state index is 12.5. The summed E-state index contributed by atoms with van der Waals surface area (Å²) in [6, 6.07) is 5.13. The van der Waals surface area contributed by atoms with Gasteiger partial charge in [0.05, 0.1) is 18.1 Å². The minimum absolute atomic E-state index is 0.0194. The largest absolute Gasteiger partial charge is 0.465 e. The van der Waals surface area contributed by atoms with E-state index in [1.165, 1.54) is 18.2 Å². The van der Waals surface area contributed by atoms with Crippen LogP contribution in [0.4, 0.5) is 5.69 Å². The van der Waals surface area contributed by atoms with Gasteiger partial charge in [-0.2, -0.15) is 0 Å². The second kappa shape index (κ2) is 10.3. The Labute approximate surface area is 162 Å². The summed E-state index contributed by atoms with van der Waals surface area (Å²) in [4.78, 5) is 60.1. The lowest BCUT2D eigenvalue weighted by Crippen LogP contribution is -2.40. The highest BCUT2D eigenvalue weighted by Crippen LogP contribution is 2.37. The molecule has 2 atom stereocenters. The molecule has 9 heteroatoms. The number of nitro groups is 1. The van der Waals surface area contributed by atoms with E-state index in [-0.39, 0.29) is 24.5 Å². The lowest BCUT2D eigenvalue weighted by molar-refractivity contribution is -0.385. The molecular formula is C19H23NO8. The van der Waals surface area contributed by atoms with Gasteiger partial charge in [-0.05, 0) is 33.3 Å². The van der Waals surface area contributed by atoms with Gasteiger partial charge in [0.2, 0.25) is 0 Å². The maximum absolute atomic E-state index is 12.5. The van der Waals surface area contributed by atoms with Crippen LogP contribution in [0.2, 0.25) is 0 Å². The molecule has 0 aromatic heterocycles. The number of ether oxygens (including phenoxy) is 2. The maximum Gasteiger partial charge on any atom is 0.317 e. The van der Waals surface area contributed by atoms with Crippen LogP contribution in [-0.2, 0) is 28.7 Å². The first kappa shape index (κ1) is 22.9. The fourth-order valence-electron chi connectivity index (χ4n) is 3.02. The zero-order valence-electron chi connectivity index (χ0n) is 16.2. The molecular weight excluding hydrogens is 370 g/mol. The molecule has 0 aliphatic carbocycles. The third-order valence-corrected chi connectivity index (χ3v) is 4.14. The smallest absolute Gasteiger partial charge is 0.317 e. The molecule has 0 unspecified atom stereocenters. The van der Waals surface area contributed by atoms with E-state index in [9.17, 15) is 29.3 Å². The first-order valence-electron chi connectivity index (χ1n) is 8.74. The predicted octanol–water partition coefficient (Wildman–Crippen LogP) is 2.21. The van der Waals surface area contributed by atoms with Crippen LogP contribution >= 0.6 is 0 Å². The van der Waals surface area contributed by atoms with Crippen molar-refractivity contribution in [3.8, 4) is 0 Å². The topological polar surface area (TPSA) is 130 Å². The van der Waals surface area contributed by atoms with Crippen molar-refractivity contribution >= 4 is 29.2 Å². The van der Waals surface area contributed by atoms with Crippen LogP contribution in [0.5, 0.6) is 0 Å². The van der Waals surface area contributed by atoms with E-state index in [2.05, 4.69) is 0 Å². The molecule has 9 nitrogen and oxygen atoms in total. The third-order valence-electron chi connectivity index (χ3n) is 4.14. The molecule has 0 bridgehead atoms. The molecule has 0 aliphatic rings. The minimum atomic E-state index is -1.50. The summed E-state index contributed by atoms with van der Waals surface area (Å²) in [7, 11) is 0. The quantitative estimate of drug-likeness (QED) is 0.256. The van der Waals surface area contributed by atoms with Gasteiger partial charge in [0, 0.05) is 18.1 Å². The van der Waals surface area contributed by atoms with Gasteiger partial charge in [0.25, 0.3) is 5.69 Å². The minimum Gasteiger partial charge on any atom is -0.465 e. The highest BCUT2D eigenvalue weighted by Gasteiger charge is 2.45. The summed E-state index contributed by atoms with van der Waals surface area (Å²) in [5.74, 6) is -7.39. The summed E-state index contributed by atoms with van der Waals surface area (Å²) in [6.07, 6.45) is 0. The fourth-order valence-corrected chi connectivity index (χ4v) is 3.02. The van der Waals surface area contributed by atoms with Gasteiger partial charge >= 0.3 is 11.9 Å². The van der Waals surface area contributed by atoms with E-state index in [1.807, 2.05) is 0 Å². The summed E-state index contributed by atoms with van der Waals surface area (Å²) < 4.78 is 9.92. The molecule has 28 heavy (non-hydrogen) atoms. The van der Waals surface area contributed by atoms with E-state index < -0.39 is 46.2 Å². The van der Waals surface area contributed by atoms with Crippen molar-refractivity contribution in [3.05, 3.63) is 39.9 Å². The SMILES string of the molecule is CCOC(=O)[C@H](C(C)=O)C(c1cccc([N+](=O)[O-])c1)[C@@H](C(C)=O)C(=O)OCC. The summed E-state index contributed by atoms with van der Waals surface area (Å²) in [5.41, 5.74) is -0.185. The van der Waals surface area contributed by atoms with E-state index in [0.29, 0.717) is 0 Å². The van der Waals surface area contributed by atoms with Gasteiger partial charge in [-0.3, -0.25) is 29.3 Å². The van der Waals surface area contributed by atoms with Gasteiger partial charge in [0.1, 0.15) is 23.4 Å². The lowest BCUT2D eigenvalue weighted by Gasteiger charge is -2.29. The Balaban J connectivity index is 3.68. The van der Waals surface area contributed by atoms with Gasteiger partial charge < -0.3 is 9.47 Å². The lowest BCUT2D eigenvalue weighted by atomic mass is 9.73. The first-order valence-corrected chi connectivity index (χ1v) is 8.74. The van der Waals surface area contributed by atoms with E-state index in [4.69, 9.17) is 9.47 Å².